The lowest BCUT2D eigenvalue weighted by molar-refractivity contribution is -0.127. The number of Topliss-reactive ketones (excluding diaryl/α,β-unsaturated/α-hetero) is 1. The molecule has 2 heteroatoms. The zero-order chi connectivity index (χ0) is 10.6. The standard InChI is InChI=1S/C11H18O2/c1-8(2)10(13)11(4,5)7-6-9(3)12/h6-8H,1-5H3/b7-6+. The molecule has 0 unspecified atom stereocenters. The third kappa shape index (κ3) is 4.02. The molecule has 0 bridgehead atoms. The van der Waals surface area contributed by atoms with E-state index in [1.165, 1.54) is 13.0 Å². The Morgan fingerprint density at radius 1 is 1.23 bits per heavy atom. The molecule has 0 atom stereocenters. The lowest BCUT2D eigenvalue weighted by Gasteiger charge is -2.20. The number of carbonyl (C=O) groups excluding carboxylic acids is 2. The van der Waals surface area contributed by atoms with Crippen LogP contribution in [-0.2, 0) is 9.59 Å². The fourth-order valence-electron chi connectivity index (χ4n) is 1.15. The second-order valence-corrected chi connectivity index (χ2v) is 4.18. The fourth-order valence-corrected chi connectivity index (χ4v) is 1.15. The van der Waals surface area contributed by atoms with E-state index in [0.29, 0.717) is 0 Å². The molecular weight excluding hydrogens is 164 g/mol. The molecule has 0 N–H and O–H groups in total. The number of carbonyl (C=O) groups is 2. The maximum absolute atomic E-state index is 11.6. The highest BCUT2D eigenvalue weighted by atomic mass is 16.1. The number of ketones is 2. The third-order valence-electron chi connectivity index (χ3n) is 1.89. The second kappa shape index (κ2) is 4.35. The van der Waals surface area contributed by atoms with Crippen LogP contribution in [0.4, 0.5) is 0 Å². The average Bonchev–Trinajstić information content (AvgIpc) is 1.99. The summed E-state index contributed by atoms with van der Waals surface area (Å²) in [7, 11) is 0. The Labute approximate surface area is 80.0 Å². The van der Waals surface area contributed by atoms with E-state index in [1.807, 2.05) is 27.7 Å². The highest BCUT2D eigenvalue weighted by Crippen LogP contribution is 2.22. The van der Waals surface area contributed by atoms with Gasteiger partial charge >= 0.3 is 0 Å². The van der Waals surface area contributed by atoms with Gasteiger partial charge in [0.15, 0.2) is 5.78 Å². The number of hydrogen-bond acceptors (Lipinski definition) is 2. The molecule has 0 aromatic heterocycles. The van der Waals surface area contributed by atoms with Gasteiger partial charge in [-0.3, -0.25) is 9.59 Å². The van der Waals surface area contributed by atoms with Gasteiger partial charge in [-0.05, 0) is 26.8 Å². The Morgan fingerprint density at radius 2 is 1.69 bits per heavy atom. The molecule has 0 radical (unpaired) electrons. The Hall–Kier alpha value is -0.920. The predicted octanol–water partition coefficient (Wildman–Crippen LogP) is 2.38. The van der Waals surface area contributed by atoms with Crippen molar-refractivity contribution in [2.24, 2.45) is 11.3 Å². The summed E-state index contributed by atoms with van der Waals surface area (Å²) in [6.07, 6.45) is 3.14. The molecular formula is C11H18O2. The molecule has 0 amide bonds. The highest BCUT2D eigenvalue weighted by molar-refractivity contribution is 5.91. The molecule has 13 heavy (non-hydrogen) atoms. The van der Waals surface area contributed by atoms with Gasteiger partial charge in [-0.1, -0.05) is 19.9 Å². The smallest absolute Gasteiger partial charge is 0.152 e. The normalized spacial score (nSPS) is 12.5. The first kappa shape index (κ1) is 12.1. The summed E-state index contributed by atoms with van der Waals surface area (Å²) in [5, 5.41) is 0. The number of hydrogen-bond donors (Lipinski definition) is 0. The molecule has 0 saturated carbocycles. The van der Waals surface area contributed by atoms with E-state index in [4.69, 9.17) is 0 Å². The largest absolute Gasteiger partial charge is 0.298 e. The van der Waals surface area contributed by atoms with E-state index in [1.54, 1.807) is 6.08 Å². The molecule has 0 aromatic carbocycles. The molecule has 0 spiro atoms. The minimum Gasteiger partial charge on any atom is -0.298 e. The molecule has 0 saturated heterocycles. The van der Waals surface area contributed by atoms with Crippen LogP contribution in [0, 0.1) is 11.3 Å². The van der Waals surface area contributed by atoms with Gasteiger partial charge in [0, 0.05) is 11.3 Å². The van der Waals surface area contributed by atoms with E-state index < -0.39 is 5.41 Å². The van der Waals surface area contributed by atoms with Gasteiger partial charge in [-0.25, -0.2) is 0 Å². The molecule has 2 nitrogen and oxygen atoms in total. The van der Waals surface area contributed by atoms with Crippen molar-refractivity contribution >= 4 is 11.6 Å². The van der Waals surface area contributed by atoms with Crippen molar-refractivity contribution in [3.05, 3.63) is 12.2 Å². The van der Waals surface area contributed by atoms with Crippen LogP contribution < -0.4 is 0 Å². The van der Waals surface area contributed by atoms with Crippen molar-refractivity contribution in [2.75, 3.05) is 0 Å². The van der Waals surface area contributed by atoms with Crippen LogP contribution in [-0.4, -0.2) is 11.6 Å². The lowest BCUT2D eigenvalue weighted by Crippen LogP contribution is -2.26. The summed E-state index contributed by atoms with van der Waals surface area (Å²) in [6.45, 7) is 8.87. The maximum atomic E-state index is 11.6. The lowest BCUT2D eigenvalue weighted by atomic mass is 9.82. The molecule has 0 aliphatic carbocycles. The van der Waals surface area contributed by atoms with Gasteiger partial charge in [0.1, 0.15) is 5.78 Å². The zero-order valence-corrected chi connectivity index (χ0v) is 9.05. The van der Waals surface area contributed by atoms with E-state index >= 15 is 0 Å². The minimum absolute atomic E-state index is 0.00612. The van der Waals surface area contributed by atoms with Crippen molar-refractivity contribution in [1.29, 1.82) is 0 Å². The van der Waals surface area contributed by atoms with Crippen LogP contribution in [0.25, 0.3) is 0 Å². The van der Waals surface area contributed by atoms with E-state index in [9.17, 15) is 9.59 Å². The Balaban J connectivity index is 4.57. The monoisotopic (exact) mass is 182 g/mol. The van der Waals surface area contributed by atoms with Crippen LogP contribution in [0.3, 0.4) is 0 Å². The fraction of sp³-hybridized carbons (Fsp3) is 0.636. The SMILES string of the molecule is CC(=O)/C=C/C(C)(C)C(=O)C(C)C. The van der Waals surface area contributed by atoms with Gasteiger partial charge in [0.25, 0.3) is 0 Å². The molecule has 0 fully saturated rings. The Bertz CT molecular complexity index is 234. The number of allylic oxidation sites excluding steroid dienone is 2. The summed E-state index contributed by atoms with van der Waals surface area (Å²) in [6, 6.07) is 0. The van der Waals surface area contributed by atoms with Gasteiger partial charge < -0.3 is 0 Å². The maximum Gasteiger partial charge on any atom is 0.152 e. The van der Waals surface area contributed by atoms with Crippen LogP contribution in [0.15, 0.2) is 12.2 Å². The Kier molecular flexibility index (Phi) is 4.05. The van der Waals surface area contributed by atoms with Crippen molar-refractivity contribution < 1.29 is 9.59 Å². The molecule has 0 aromatic rings. The topological polar surface area (TPSA) is 34.1 Å². The van der Waals surface area contributed by atoms with E-state index in [2.05, 4.69) is 0 Å². The highest BCUT2D eigenvalue weighted by Gasteiger charge is 2.26. The van der Waals surface area contributed by atoms with Crippen LogP contribution in [0.1, 0.15) is 34.6 Å². The first-order valence-corrected chi connectivity index (χ1v) is 4.51. The van der Waals surface area contributed by atoms with Crippen LogP contribution in [0.2, 0.25) is 0 Å². The van der Waals surface area contributed by atoms with E-state index in [-0.39, 0.29) is 17.5 Å². The van der Waals surface area contributed by atoms with Gasteiger partial charge in [-0.2, -0.15) is 0 Å². The summed E-state index contributed by atoms with van der Waals surface area (Å²) < 4.78 is 0. The van der Waals surface area contributed by atoms with Crippen molar-refractivity contribution in [1.82, 2.24) is 0 Å². The molecule has 0 aliphatic heterocycles. The summed E-state index contributed by atoms with van der Waals surface area (Å²) in [4.78, 5) is 22.3. The summed E-state index contributed by atoms with van der Waals surface area (Å²) >= 11 is 0. The molecule has 0 heterocycles. The third-order valence-corrected chi connectivity index (χ3v) is 1.89. The summed E-state index contributed by atoms with van der Waals surface area (Å²) in [5.41, 5.74) is -0.528. The molecule has 0 aliphatic rings. The first-order chi connectivity index (χ1) is 5.77. The van der Waals surface area contributed by atoms with Gasteiger partial charge in [0.05, 0.1) is 0 Å². The zero-order valence-electron chi connectivity index (χ0n) is 9.05. The van der Waals surface area contributed by atoms with Crippen molar-refractivity contribution in [3.63, 3.8) is 0 Å². The molecule has 0 rings (SSSR count). The first-order valence-electron chi connectivity index (χ1n) is 4.51. The van der Waals surface area contributed by atoms with Gasteiger partial charge in [0.2, 0.25) is 0 Å². The minimum atomic E-state index is -0.528. The molecule has 74 valence electrons. The van der Waals surface area contributed by atoms with Gasteiger partial charge in [-0.15, -0.1) is 0 Å². The second-order valence-electron chi connectivity index (χ2n) is 4.18. The quantitative estimate of drug-likeness (QED) is 0.625. The van der Waals surface area contributed by atoms with E-state index in [0.717, 1.165) is 0 Å². The predicted molar refractivity (Wildman–Crippen MR) is 53.4 cm³/mol. The average molecular weight is 182 g/mol. The van der Waals surface area contributed by atoms with Crippen molar-refractivity contribution in [3.8, 4) is 0 Å². The van der Waals surface area contributed by atoms with Crippen LogP contribution in [0.5, 0.6) is 0 Å². The Morgan fingerprint density at radius 3 is 2.00 bits per heavy atom. The number of rotatable bonds is 4. The van der Waals surface area contributed by atoms with Crippen molar-refractivity contribution in [2.45, 2.75) is 34.6 Å². The summed E-state index contributed by atoms with van der Waals surface area (Å²) in [5.74, 6) is 0.140. The van der Waals surface area contributed by atoms with Crippen LogP contribution >= 0.6 is 0 Å².